The maximum atomic E-state index is 9.55. The van der Waals surface area contributed by atoms with Gasteiger partial charge in [-0.2, -0.15) is 0 Å². The fourth-order valence-electron chi connectivity index (χ4n) is 1.39. The van der Waals surface area contributed by atoms with Gasteiger partial charge in [0.1, 0.15) is 12.5 Å². The molecule has 1 N–H and O–H groups in total. The Hall–Kier alpha value is -0.710. The molecule has 1 aromatic rings. The van der Waals surface area contributed by atoms with E-state index in [0.717, 1.165) is 23.7 Å². The van der Waals surface area contributed by atoms with E-state index in [4.69, 9.17) is 9.47 Å². The maximum Gasteiger partial charge on any atom is 0.147 e. The van der Waals surface area contributed by atoms with Crippen LogP contribution in [0, 0.1) is 0 Å². The Kier molecular flexibility index (Phi) is 3.88. The van der Waals surface area contributed by atoms with Crippen molar-refractivity contribution in [3.8, 4) is 5.75 Å². The second-order valence-corrected chi connectivity index (χ2v) is 4.44. The van der Waals surface area contributed by atoms with Crippen LogP contribution in [0.2, 0.25) is 0 Å². The highest BCUT2D eigenvalue weighted by molar-refractivity contribution is 7.99. The summed E-state index contributed by atoms with van der Waals surface area (Å²) in [5, 5.41) is 9.55. The van der Waals surface area contributed by atoms with Crippen LogP contribution < -0.4 is 0 Å². The van der Waals surface area contributed by atoms with Gasteiger partial charge in [-0.05, 0) is 18.6 Å². The first-order chi connectivity index (χ1) is 7.36. The molecule has 0 bridgehead atoms. The van der Waals surface area contributed by atoms with Crippen LogP contribution in [0.3, 0.4) is 0 Å². The van der Waals surface area contributed by atoms with Crippen molar-refractivity contribution in [1.82, 2.24) is 0 Å². The summed E-state index contributed by atoms with van der Waals surface area (Å²) in [6.07, 6.45) is 1.17. The molecule has 0 spiro atoms. The molecular formula is C11H14O3S. The lowest BCUT2D eigenvalue weighted by Gasteiger charge is -2.22. The molecule has 1 fully saturated rings. The molecule has 0 saturated carbocycles. The van der Waals surface area contributed by atoms with Crippen LogP contribution in [0.1, 0.15) is 6.42 Å². The fraction of sp³-hybridized carbons (Fsp3) is 0.455. The van der Waals surface area contributed by atoms with Crippen LogP contribution in [-0.4, -0.2) is 30.4 Å². The SMILES string of the molecule is Oc1ccccc1SCC1CCOCO1. The van der Waals surface area contributed by atoms with Crippen molar-refractivity contribution in [2.45, 2.75) is 17.4 Å². The van der Waals surface area contributed by atoms with E-state index in [1.165, 1.54) is 0 Å². The van der Waals surface area contributed by atoms with Gasteiger partial charge in [-0.1, -0.05) is 12.1 Å². The Morgan fingerprint density at radius 2 is 2.27 bits per heavy atom. The fourth-order valence-corrected chi connectivity index (χ4v) is 2.41. The lowest BCUT2D eigenvalue weighted by Crippen LogP contribution is -2.25. The molecule has 2 rings (SSSR count). The molecule has 15 heavy (non-hydrogen) atoms. The summed E-state index contributed by atoms with van der Waals surface area (Å²) in [7, 11) is 0. The molecule has 1 aromatic carbocycles. The quantitative estimate of drug-likeness (QED) is 0.802. The molecule has 1 saturated heterocycles. The molecule has 3 nitrogen and oxygen atoms in total. The van der Waals surface area contributed by atoms with Crippen molar-refractivity contribution in [1.29, 1.82) is 0 Å². The topological polar surface area (TPSA) is 38.7 Å². The van der Waals surface area contributed by atoms with E-state index in [0.29, 0.717) is 12.5 Å². The third-order valence-corrected chi connectivity index (χ3v) is 3.46. The lowest BCUT2D eigenvalue weighted by molar-refractivity contribution is -0.130. The van der Waals surface area contributed by atoms with Gasteiger partial charge in [0.15, 0.2) is 0 Å². The summed E-state index contributed by atoms with van der Waals surface area (Å²) in [6, 6.07) is 7.36. The zero-order valence-corrected chi connectivity index (χ0v) is 9.20. The minimum absolute atomic E-state index is 0.239. The Morgan fingerprint density at radius 3 is 3.00 bits per heavy atom. The third kappa shape index (κ3) is 3.12. The maximum absolute atomic E-state index is 9.55. The highest BCUT2D eigenvalue weighted by atomic mass is 32.2. The summed E-state index contributed by atoms with van der Waals surface area (Å²) in [4.78, 5) is 0.910. The van der Waals surface area contributed by atoms with Crippen LogP contribution in [0.5, 0.6) is 5.75 Å². The van der Waals surface area contributed by atoms with E-state index >= 15 is 0 Å². The molecule has 0 amide bonds. The first-order valence-electron chi connectivity index (χ1n) is 4.96. The second kappa shape index (κ2) is 5.39. The molecule has 4 heteroatoms. The summed E-state index contributed by atoms with van der Waals surface area (Å²) in [6.45, 7) is 1.16. The van der Waals surface area contributed by atoms with Gasteiger partial charge in [0, 0.05) is 10.6 Å². The first-order valence-corrected chi connectivity index (χ1v) is 5.95. The van der Waals surface area contributed by atoms with Crippen molar-refractivity contribution in [3.05, 3.63) is 24.3 Å². The average Bonchev–Trinajstić information content (AvgIpc) is 2.29. The number of hydrogen-bond acceptors (Lipinski definition) is 4. The molecule has 0 aliphatic carbocycles. The summed E-state index contributed by atoms with van der Waals surface area (Å²) in [5.74, 6) is 1.20. The molecule has 1 aliphatic heterocycles. The van der Waals surface area contributed by atoms with Crippen molar-refractivity contribution < 1.29 is 14.6 Å². The van der Waals surface area contributed by atoms with Crippen LogP contribution in [-0.2, 0) is 9.47 Å². The average molecular weight is 226 g/mol. The highest BCUT2D eigenvalue weighted by Crippen LogP contribution is 2.29. The predicted molar refractivity (Wildman–Crippen MR) is 59.1 cm³/mol. The summed E-state index contributed by atoms with van der Waals surface area (Å²) in [5.41, 5.74) is 0. The standard InChI is InChI=1S/C11H14O3S/c12-10-3-1-2-4-11(10)15-7-9-5-6-13-8-14-9/h1-4,9,12H,5-8H2. The summed E-state index contributed by atoms with van der Waals surface area (Å²) >= 11 is 1.62. The van der Waals surface area contributed by atoms with E-state index in [2.05, 4.69) is 0 Å². The Labute approximate surface area is 93.4 Å². The minimum Gasteiger partial charge on any atom is -0.507 e. The van der Waals surface area contributed by atoms with Gasteiger partial charge < -0.3 is 14.6 Å². The number of phenolic OH excluding ortho intramolecular Hbond substituents is 1. The van der Waals surface area contributed by atoms with Crippen molar-refractivity contribution in [2.24, 2.45) is 0 Å². The molecular weight excluding hydrogens is 212 g/mol. The van der Waals surface area contributed by atoms with Gasteiger partial charge in [0.2, 0.25) is 0 Å². The number of phenols is 1. The van der Waals surface area contributed by atoms with Gasteiger partial charge in [0.25, 0.3) is 0 Å². The number of ether oxygens (including phenoxy) is 2. The van der Waals surface area contributed by atoms with Crippen LogP contribution >= 0.6 is 11.8 Å². The Bertz CT molecular complexity index is 310. The van der Waals surface area contributed by atoms with Crippen LogP contribution in [0.15, 0.2) is 29.2 Å². The van der Waals surface area contributed by atoms with Gasteiger partial charge in [-0.15, -0.1) is 11.8 Å². The van der Waals surface area contributed by atoms with Crippen molar-refractivity contribution in [2.75, 3.05) is 19.2 Å². The molecule has 1 atom stereocenters. The van der Waals surface area contributed by atoms with Crippen molar-refractivity contribution >= 4 is 11.8 Å². The van der Waals surface area contributed by atoms with Gasteiger partial charge >= 0.3 is 0 Å². The molecule has 1 heterocycles. The largest absolute Gasteiger partial charge is 0.507 e. The number of rotatable bonds is 3. The van der Waals surface area contributed by atoms with E-state index in [1.807, 2.05) is 18.2 Å². The summed E-state index contributed by atoms with van der Waals surface area (Å²) < 4.78 is 10.5. The van der Waals surface area contributed by atoms with Gasteiger partial charge in [-0.3, -0.25) is 0 Å². The zero-order valence-electron chi connectivity index (χ0n) is 8.39. The molecule has 82 valence electrons. The molecule has 0 aromatic heterocycles. The van der Waals surface area contributed by atoms with Gasteiger partial charge in [0.05, 0.1) is 12.7 Å². The normalized spacial score (nSPS) is 21.5. The van der Waals surface area contributed by atoms with Crippen LogP contribution in [0.25, 0.3) is 0 Å². The number of thioether (sulfide) groups is 1. The molecule has 1 unspecified atom stereocenters. The minimum atomic E-state index is 0.239. The Balaban J connectivity index is 1.84. The van der Waals surface area contributed by atoms with E-state index < -0.39 is 0 Å². The second-order valence-electron chi connectivity index (χ2n) is 3.38. The first kappa shape index (κ1) is 10.8. The van der Waals surface area contributed by atoms with E-state index in [1.54, 1.807) is 17.8 Å². The molecule has 1 aliphatic rings. The van der Waals surface area contributed by atoms with E-state index in [-0.39, 0.29) is 6.10 Å². The number of benzene rings is 1. The number of hydrogen-bond donors (Lipinski definition) is 1. The lowest BCUT2D eigenvalue weighted by atomic mass is 10.3. The number of para-hydroxylation sites is 1. The van der Waals surface area contributed by atoms with Gasteiger partial charge in [-0.25, -0.2) is 0 Å². The number of aromatic hydroxyl groups is 1. The highest BCUT2D eigenvalue weighted by Gasteiger charge is 2.14. The predicted octanol–water partition coefficient (Wildman–Crippen LogP) is 2.25. The molecule has 0 radical (unpaired) electrons. The van der Waals surface area contributed by atoms with Crippen molar-refractivity contribution in [3.63, 3.8) is 0 Å². The zero-order chi connectivity index (χ0) is 10.5. The monoisotopic (exact) mass is 226 g/mol. The van der Waals surface area contributed by atoms with Crippen LogP contribution in [0.4, 0.5) is 0 Å². The smallest absolute Gasteiger partial charge is 0.147 e. The van der Waals surface area contributed by atoms with E-state index in [9.17, 15) is 5.11 Å². The third-order valence-electron chi connectivity index (χ3n) is 2.26. The Morgan fingerprint density at radius 1 is 1.40 bits per heavy atom.